The van der Waals surface area contributed by atoms with Crippen molar-refractivity contribution in [2.75, 3.05) is 6.54 Å². The summed E-state index contributed by atoms with van der Waals surface area (Å²) in [6, 6.07) is 11.9. The number of nitrogens with one attached hydrogen (secondary N) is 2. The third kappa shape index (κ3) is 5.35. The highest BCUT2D eigenvalue weighted by Gasteiger charge is 2.31. The maximum Gasteiger partial charge on any atom is 0.573 e. The van der Waals surface area contributed by atoms with E-state index in [4.69, 9.17) is 5.41 Å². The number of pyridine rings is 2. The van der Waals surface area contributed by atoms with Crippen LogP contribution in [0.1, 0.15) is 30.0 Å². The van der Waals surface area contributed by atoms with Gasteiger partial charge in [0.1, 0.15) is 11.2 Å². The van der Waals surface area contributed by atoms with Gasteiger partial charge in [0.15, 0.2) is 0 Å². The molecule has 3 aromatic rings. The highest BCUT2D eigenvalue weighted by atomic mass is 19.4. The molecule has 1 saturated carbocycles. The van der Waals surface area contributed by atoms with Crippen LogP contribution in [0.15, 0.2) is 60.9 Å². The number of rotatable bonds is 6. The topological polar surface area (TPSA) is 80.0 Å². The second-order valence-electron chi connectivity index (χ2n) is 7.54. The van der Waals surface area contributed by atoms with Crippen molar-refractivity contribution >= 4 is 6.03 Å². The van der Waals surface area contributed by atoms with Gasteiger partial charge in [-0.1, -0.05) is 18.2 Å². The summed E-state index contributed by atoms with van der Waals surface area (Å²) in [4.78, 5) is 17.1. The molecular formula is C23H21F3N4O2. The predicted octanol–water partition coefficient (Wildman–Crippen LogP) is 4.61. The highest BCUT2D eigenvalue weighted by Crippen LogP contribution is 2.41. The Balaban J connectivity index is 1.43. The molecule has 32 heavy (non-hydrogen) atoms. The first kappa shape index (κ1) is 21.6. The molecule has 4 rings (SSSR count). The second-order valence-corrected chi connectivity index (χ2v) is 7.54. The Morgan fingerprint density at radius 1 is 1.12 bits per heavy atom. The van der Waals surface area contributed by atoms with Gasteiger partial charge in [0.25, 0.3) is 0 Å². The van der Waals surface area contributed by atoms with Gasteiger partial charge in [-0.15, -0.1) is 13.2 Å². The Kier molecular flexibility index (Phi) is 5.98. The number of nitrogens with zero attached hydrogens (tertiary/aromatic N) is 2. The monoisotopic (exact) mass is 442 g/mol. The summed E-state index contributed by atoms with van der Waals surface area (Å²) in [5.41, 5.74) is 3.36. The molecule has 0 atom stereocenters. The first-order chi connectivity index (χ1) is 15.3. The number of aromatic nitrogens is 2. The van der Waals surface area contributed by atoms with Crippen LogP contribution in [0.3, 0.4) is 0 Å². The van der Waals surface area contributed by atoms with Crippen molar-refractivity contribution in [2.24, 2.45) is 0 Å². The van der Waals surface area contributed by atoms with Crippen molar-refractivity contribution in [1.82, 2.24) is 14.9 Å². The summed E-state index contributed by atoms with van der Waals surface area (Å²) in [6.45, 7) is 0.371. The summed E-state index contributed by atoms with van der Waals surface area (Å²) in [7, 11) is 0. The van der Waals surface area contributed by atoms with E-state index in [9.17, 15) is 18.0 Å². The van der Waals surface area contributed by atoms with Crippen molar-refractivity contribution in [3.8, 4) is 16.9 Å². The third-order valence-corrected chi connectivity index (χ3v) is 5.17. The minimum absolute atomic E-state index is 0.0141. The molecule has 0 unspecified atom stereocenters. The van der Waals surface area contributed by atoms with Crippen LogP contribution in [-0.4, -0.2) is 28.5 Å². The molecule has 2 aromatic heterocycles. The second kappa shape index (κ2) is 8.86. The zero-order valence-electron chi connectivity index (χ0n) is 17.0. The zero-order valence-corrected chi connectivity index (χ0v) is 17.0. The predicted molar refractivity (Wildman–Crippen MR) is 111 cm³/mol. The molecule has 1 amide bonds. The number of alkyl halides is 3. The fourth-order valence-electron chi connectivity index (χ4n) is 3.49. The molecule has 1 aromatic carbocycles. The maximum atomic E-state index is 12.6. The van der Waals surface area contributed by atoms with Crippen molar-refractivity contribution in [2.45, 2.75) is 31.5 Å². The smallest absolute Gasteiger partial charge is 0.406 e. The lowest BCUT2D eigenvalue weighted by Crippen LogP contribution is -2.36. The van der Waals surface area contributed by atoms with Crippen molar-refractivity contribution in [1.29, 1.82) is 5.41 Å². The van der Waals surface area contributed by atoms with Crippen LogP contribution in [0.2, 0.25) is 0 Å². The molecule has 0 bridgehead atoms. The van der Waals surface area contributed by atoms with Crippen LogP contribution < -0.4 is 15.5 Å². The Morgan fingerprint density at radius 2 is 1.84 bits per heavy atom. The normalized spacial score (nSPS) is 13.6. The minimum Gasteiger partial charge on any atom is -0.406 e. The Labute approximate surface area is 182 Å². The van der Waals surface area contributed by atoms with Gasteiger partial charge in [-0.2, -0.15) is 0 Å². The summed E-state index contributed by atoms with van der Waals surface area (Å²) in [6.07, 6.45) is 1.39. The molecule has 1 fully saturated rings. The van der Waals surface area contributed by atoms with Gasteiger partial charge >= 0.3 is 12.4 Å². The standard InChI is InChI=1S/C23H21F3N4O2/c24-23(25,26)32-18-8-5-15(6-9-18)17-7-10-21(27)30(14-17)22(31)29-13-11-20-19(16-3-4-16)2-1-12-28-20/h1-2,5-10,12,14,16,27H,3-4,11,13H2,(H,29,31). The number of halogens is 3. The van der Waals surface area contributed by atoms with Crippen molar-refractivity contribution in [3.05, 3.63) is 77.7 Å². The molecule has 1 aliphatic carbocycles. The highest BCUT2D eigenvalue weighted by molar-refractivity contribution is 5.78. The molecule has 9 heteroatoms. The van der Waals surface area contributed by atoms with E-state index in [1.165, 1.54) is 54.9 Å². The van der Waals surface area contributed by atoms with Crippen LogP contribution in [-0.2, 0) is 6.42 Å². The van der Waals surface area contributed by atoms with Gasteiger partial charge in [-0.3, -0.25) is 15.0 Å². The molecule has 0 aliphatic heterocycles. The fraction of sp³-hybridized carbons (Fsp3) is 0.261. The quantitative estimate of drug-likeness (QED) is 0.585. The first-order valence-corrected chi connectivity index (χ1v) is 10.2. The molecule has 166 valence electrons. The van der Waals surface area contributed by atoms with E-state index in [1.807, 2.05) is 6.07 Å². The largest absolute Gasteiger partial charge is 0.573 e. The summed E-state index contributed by atoms with van der Waals surface area (Å²) in [5.74, 6) is 0.234. The molecule has 1 aliphatic rings. The van der Waals surface area contributed by atoms with Crippen LogP contribution in [0.25, 0.3) is 11.1 Å². The van der Waals surface area contributed by atoms with E-state index in [-0.39, 0.29) is 11.2 Å². The number of ether oxygens (including phenoxy) is 1. The Morgan fingerprint density at radius 3 is 2.53 bits per heavy atom. The summed E-state index contributed by atoms with van der Waals surface area (Å²) >= 11 is 0. The fourth-order valence-corrected chi connectivity index (χ4v) is 3.49. The average Bonchev–Trinajstić information content (AvgIpc) is 3.59. The zero-order chi connectivity index (χ0) is 22.7. The van der Waals surface area contributed by atoms with E-state index < -0.39 is 12.4 Å². The van der Waals surface area contributed by atoms with E-state index in [0.29, 0.717) is 30.0 Å². The van der Waals surface area contributed by atoms with Gasteiger partial charge in [0.2, 0.25) is 0 Å². The van der Waals surface area contributed by atoms with E-state index in [0.717, 1.165) is 10.3 Å². The lowest BCUT2D eigenvalue weighted by molar-refractivity contribution is -0.274. The molecule has 2 heterocycles. The van der Waals surface area contributed by atoms with Gasteiger partial charge in [0, 0.05) is 31.1 Å². The molecule has 6 nitrogen and oxygen atoms in total. The van der Waals surface area contributed by atoms with Crippen molar-refractivity contribution < 1.29 is 22.7 Å². The number of carbonyl (C=O) groups is 1. The third-order valence-electron chi connectivity index (χ3n) is 5.17. The number of carbonyl (C=O) groups excluding carboxylic acids is 1. The van der Waals surface area contributed by atoms with E-state index in [1.54, 1.807) is 12.3 Å². The van der Waals surface area contributed by atoms with Gasteiger partial charge < -0.3 is 10.1 Å². The number of benzene rings is 1. The summed E-state index contributed by atoms with van der Waals surface area (Å²) in [5, 5.41) is 10.8. The molecule has 0 radical (unpaired) electrons. The molecule has 0 spiro atoms. The SMILES string of the molecule is N=c1ccc(-c2ccc(OC(F)(F)F)cc2)cn1C(=O)NCCc1ncccc1C1CC1. The lowest BCUT2D eigenvalue weighted by atomic mass is 10.1. The minimum atomic E-state index is -4.76. The van der Waals surface area contributed by atoms with Crippen LogP contribution in [0.4, 0.5) is 18.0 Å². The summed E-state index contributed by atoms with van der Waals surface area (Å²) < 4.78 is 42.0. The van der Waals surface area contributed by atoms with Crippen molar-refractivity contribution in [3.63, 3.8) is 0 Å². The molecule has 0 saturated heterocycles. The van der Waals surface area contributed by atoms with Gasteiger partial charge in [-0.05, 0) is 65.8 Å². The Hall–Kier alpha value is -3.62. The molecular weight excluding hydrogens is 421 g/mol. The Bertz CT molecular complexity index is 1170. The number of hydrogen-bond donors (Lipinski definition) is 2. The van der Waals surface area contributed by atoms with Crippen LogP contribution >= 0.6 is 0 Å². The average molecular weight is 442 g/mol. The number of amides is 1. The first-order valence-electron chi connectivity index (χ1n) is 10.2. The maximum absolute atomic E-state index is 12.6. The van der Waals surface area contributed by atoms with Gasteiger partial charge in [0.05, 0.1) is 0 Å². The van der Waals surface area contributed by atoms with Gasteiger partial charge in [-0.25, -0.2) is 4.79 Å². The van der Waals surface area contributed by atoms with E-state index >= 15 is 0 Å². The van der Waals surface area contributed by atoms with Crippen LogP contribution in [0, 0.1) is 5.41 Å². The van der Waals surface area contributed by atoms with Crippen LogP contribution in [0.5, 0.6) is 5.75 Å². The van der Waals surface area contributed by atoms with E-state index in [2.05, 4.69) is 21.1 Å². The lowest BCUT2D eigenvalue weighted by Gasteiger charge is -2.12. The number of hydrogen-bond acceptors (Lipinski definition) is 4. The molecule has 2 N–H and O–H groups in total.